The summed E-state index contributed by atoms with van der Waals surface area (Å²) < 4.78 is 27.2. The van der Waals surface area contributed by atoms with E-state index in [1.54, 1.807) is 12.1 Å². The van der Waals surface area contributed by atoms with Crippen LogP contribution >= 0.6 is 0 Å². The van der Waals surface area contributed by atoms with E-state index in [1.807, 2.05) is 32.9 Å². The lowest BCUT2D eigenvalue weighted by Crippen LogP contribution is -3.15. The van der Waals surface area contributed by atoms with Crippen molar-refractivity contribution in [1.82, 2.24) is 14.9 Å². The fourth-order valence-corrected chi connectivity index (χ4v) is 4.60. The molecule has 0 bridgehead atoms. The van der Waals surface area contributed by atoms with Crippen molar-refractivity contribution >= 4 is 22.0 Å². The van der Waals surface area contributed by atoms with Crippen LogP contribution in [0.2, 0.25) is 0 Å². The smallest absolute Gasteiger partial charge is 0.322 e. The van der Waals surface area contributed by atoms with Crippen molar-refractivity contribution in [3.05, 3.63) is 29.8 Å². The van der Waals surface area contributed by atoms with E-state index in [0.29, 0.717) is 37.0 Å². The van der Waals surface area contributed by atoms with Gasteiger partial charge in [-0.15, -0.1) is 0 Å². The monoisotopic (exact) mass is 425 g/mol. The topological polar surface area (TPSA) is 100 Å². The Morgan fingerprint density at radius 3 is 2.14 bits per heavy atom. The fraction of sp³-hybridized carbons (Fsp3) is 0.600. The summed E-state index contributed by atoms with van der Waals surface area (Å²) in [7, 11) is -3.54. The lowest BCUT2D eigenvalue weighted by atomic mass is 10.0. The number of urea groups is 1. The van der Waals surface area contributed by atoms with Crippen LogP contribution in [-0.2, 0) is 14.8 Å². The molecule has 9 heteroatoms. The van der Waals surface area contributed by atoms with Gasteiger partial charge < -0.3 is 10.2 Å². The van der Waals surface area contributed by atoms with E-state index in [-0.39, 0.29) is 12.5 Å². The summed E-state index contributed by atoms with van der Waals surface area (Å²) in [6.45, 7) is 11.5. The highest BCUT2D eigenvalue weighted by molar-refractivity contribution is 7.89. The molecule has 3 N–H and O–H groups in total. The van der Waals surface area contributed by atoms with Gasteiger partial charge in [-0.2, -0.15) is 4.31 Å². The molecule has 1 aliphatic rings. The second kappa shape index (κ2) is 9.23. The second-order valence-corrected chi connectivity index (χ2v) is 10.7. The maximum absolute atomic E-state index is 12.9. The first kappa shape index (κ1) is 23.3. The van der Waals surface area contributed by atoms with Gasteiger partial charge in [-0.3, -0.25) is 10.1 Å². The van der Waals surface area contributed by atoms with E-state index in [9.17, 15) is 18.0 Å². The molecule has 1 aliphatic heterocycles. The van der Waals surface area contributed by atoms with Crippen molar-refractivity contribution in [1.29, 1.82) is 0 Å². The minimum Gasteiger partial charge on any atom is -0.333 e. The minimum absolute atomic E-state index is 0.133. The number of nitrogens with zero attached hydrogens (tertiary/aromatic N) is 1. The molecular formula is C20H33N4O4S+. The first-order valence-corrected chi connectivity index (χ1v) is 11.4. The van der Waals surface area contributed by atoms with Crippen molar-refractivity contribution in [2.24, 2.45) is 0 Å². The average Bonchev–Trinajstić information content (AvgIpc) is 2.60. The van der Waals surface area contributed by atoms with Gasteiger partial charge in [0.25, 0.3) is 5.91 Å². The largest absolute Gasteiger partial charge is 0.333 e. The first-order chi connectivity index (χ1) is 13.4. The molecule has 1 heterocycles. The number of hydrogen-bond acceptors (Lipinski definition) is 4. The van der Waals surface area contributed by atoms with Crippen LogP contribution in [0.15, 0.2) is 29.2 Å². The molecule has 0 spiro atoms. The van der Waals surface area contributed by atoms with Crippen molar-refractivity contribution in [2.75, 3.05) is 32.7 Å². The molecule has 0 radical (unpaired) electrons. The number of rotatable bonds is 5. The maximum atomic E-state index is 12.9. The number of imide groups is 1. The molecule has 1 aromatic carbocycles. The molecule has 1 aromatic rings. The van der Waals surface area contributed by atoms with Crippen LogP contribution in [0.1, 0.15) is 46.1 Å². The molecule has 162 valence electrons. The Morgan fingerprint density at radius 1 is 1.10 bits per heavy atom. The van der Waals surface area contributed by atoms with Crippen LogP contribution in [-0.4, -0.2) is 62.9 Å². The summed E-state index contributed by atoms with van der Waals surface area (Å²) in [5.41, 5.74) is 0.671. The molecule has 0 saturated carbocycles. The van der Waals surface area contributed by atoms with Gasteiger partial charge in [0.05, 0.1) is 31.1 Å². The van der Waals surface area contributed by atoms with E-state index in [1.165, 1.54) is 4.31 Å². The lowest BCUT2D eigenvalue weighted by Gasteiger charge is -2.31. The number of carbonyl (C=O) groups excluding carboxylic acids is 2. The zero-order chi connectivity index (χ0) is 21.8. The van der Waals surface area contributed by atoms with Crippen LogP contribution in [0.5, 0.6) is 0 Å². The van der Waals surface area contributed by atoms with Gasteiger partial charge in [0.2, 0.25) is 10.0 Å². The van der Waals surface area contributed by atoms with Gasteiger partial charge in [-0.05, 0) is 44.4 Å². The lowest BCUT2D eigenvalue weighted by molar-refractivity contribution is -0.895. The summed E-state index contributed by atoms with van der Waals surface area (Å²) in [5, 5.41) is 5.00. The molecule has 0 aromatic heterocycles. The number of nitrogens with one attached hydrogen (secondary N) is 3. The van der Waals surface area contributed by atoms with E-state index in [4.69, 9.17) is 0 Å². The summed E-state index contributed by atoms with van der Waals surface area (Å²) in [5.74, 6) is -0.0298. The summed E-state index contributed by atoms with van der Waals surface area (Å²) in [6, 6.07) is 6.50. The van der Waals surface area contributed by atoms with E-state index in [2.05, 4.69) is 24.5 Å². The van der Waals surface area contributed by atoms with Gasteiger partial charge in [0.1, 0.15) is 0 Å². The maximum Gasteiger partial charge on any atom is 0.322 e. The Morgan fingerprint density at radius 2 is 1.66 bits per heavy atom. The number of sulfonamides is 1. The van der Waals surface area contributed by atoms with E-state index >= 15 is 0 Å². The Bertz CT molecular complexity index is 821. The van der Waals surface area contributed by atoms with Crippen molar-refractivity contribution in [3.8, 4) is 0 Å². The van der Waals surface area contributed by atoms with Crippen molar-refractivity contribution < 1.29 is 22.9 Å². The Hall–Kier alpha value is -1.97. The molecular weight excluding hydrogens is 392 g/mol. The zero-order valence-corrected chi connectivity index (χ0v) is 18.7. The molecule has 8 nitrogen and oxygen atoms in total. The Balaban J connectivity index is 1.88. The third kappa shape index (κ3) is 6.80. The minimum atomic E-state index is -3.54. The number of piperazine rings is 1. The van der Waals surface area contributed by atoms with Crippen molar-refractivity contribution in [3.63, 3.8) is 0 Å². The quantitative estimate of drug-likeness (QED) is 0.633. The number of amides is 3. The van der Waals surface area contributed by atoms with Gasteiger partial charge >= 0.3 is 6.03 Å². The van der Waals surface area contributed by atoms with Gasteiger partial charge in [-0.25, -0.2) is 13.2 Å². The molecule has 2 rings (SSSR count). The molecule has 1 saturated heterocycles. The van der Waals surface area contributed by atoms with Crippen LogP contribution in [0.3, 0.4) is 0 Å². The standard InChI is InChI=1S/C20H32N4O4S/c1-15(2)16-6-8-17(9-7-16)29(27,28)24-12-10-23(11-13-24)14-18(25)21-19(26)22-20(3,4)5/h6-9,15H,10-14H2,1-5H3,(H2,21,22,25,26)/p+1. The molecule has 3 amide bonds. The van der Waals surface area contributed by atoms with Crippen molar-refractivity contribution in [2.45, 2.75) is 51.0 Å². The normalized spacial score (nSPS) is 16.6. The van der Waals surface area contributed by atoms with Crippen LogP contribution in [0.25, 0.3) is 0 Å². The van der Waals surface area contributed by atoms with Crippen LogP contribution in [0, 0.1) is 0 Å². The highest BCUT2D eigenvalue weighted by atomic mass is 32.2. The molecule has 1 fully saturated rings. The summed E-state index contributed by atoms with van der Waals surface area (Å²) >= 11 is 0. The highest BCUT2D eigenvalue weighted by Crippen LogP contribution is 2.20. The Kier molecular flexibility index (Phi) is 7.42. The predicted octanol–water partition coefficient (Wildman–Crippen LogP) is 0.324. The predicted molar refractivity (Wildman–Crippen MR) is 111 cm³/mol. The third-order valence-electron chi connectivity index (χ3n) is 4.77. The molecule has 29 heavy (non-hydrogen) atoms. The van der Waals surface area contributed by atoms with Crippen LogP contribution < -0.4 is 15.5 Å². The zero-order valence-electron chi connectivity index (χ0n) is 17.9. The van der Waals surface area contributed by atoms with Crippen LogP contribution in [0.4, 0.5) is 4.79 Å². The number of benzene rings is 1. The fourth-order valence-electron chi connectivity index (χ4n) is 3.16. The Labute approximate surface area is 173 Å². The average molecular weight is 426 g/mol. The SMILES string of the molecule is CC(C)c1ccc(S(=O)(=O)N2CC[NH+](CC(=O)NC(=O)NC(C)(C)C)CC2)cc1. The summed E-state index contributed by atoms with van der Waals surface area (Å²) in [4.78, 5) is 25.1. The van der Waals surface area contributed by atoms with Gasteiger partial charge in [-0.1, -0.05) is 26.0 Å². The number of quaternary nitrogens is 1. The van der Waals surface area contributed by atoms with Gasteiger partial charge in [0.15, 0.2) is 6.54 Å². The first-order valence-electron chi connectivity index (χ1n) is 9.94. The second-order valence-electron chi connectivity index (χ2n) is 8.81. The molecule has 0 unspecified atom stereocenters. The molecule has 0 aliphatic carbocycles. The summed E-state index contributed by atoms with van der Waals surface area (Å²) in [6.07, 6.45) is 0. The molecule has 0 atom stereocenters. The van der Waals surface area contributed by atoms with E-state index in [0.717, 1.165) is 10.5 Å². The highest BCUT2D eigenvalue weighted by Gasteiger charge is 2.31. The third-order valence-corrected chi connectivity index (χ3v) is 6.68. The van der Waals surface area contributed by atoms with Gasteiger partial charge in [0, 0.05) is 5.54 Å². The number of carbonyl (C=O) groups is 2. The van der Waals surface area contributed by atoms with E-state index < -0.39 is 21.6 Å². The number of hydrogen-bond donors (Lipinski definition) is 3.